The minimum atomic E-state index is 0.843. The molecule has 23 aromatic carbocycles. The molecule has 7 heteroatoms. The third-order valence-corrected chi connectivity index (χ3v) is 29.9. The molecule has 0 saturated heterocycles. The van der Waals surface area contributed by atoms with Crippen LogP contribution in [-0.4, -0.2) is 34.9 Å². The van der Waals surface area contributed by atoms with Crippen molar-refractivity contribution in [2.75, 3.05) is 0 Å². The van der Waals surface area contributed by atoms with E-state index in [2.05, 4.69) is 491 Å². The van der Waals surface area contributed by atoms with Crippen LogP contribution in [0.3, 0.4) is 0 Å². The smallest absolute Gasteiger partial charge is 0.0893 e. The molecule has 7 nitrogen and oxygen atoms in total. The van der Waals surface area contributed by atoms with Crippen molar-refractivity contribution < 1.29 is 0 Å². The molecular weight excluding hydrogens is 1820 g/mol. The molecule has 0 aliphatic carbocycles. The molecule has 0 amide bonds. The van der Waals surface area contributed by atoms with Crippen LogP contribution < -0.4 is 0 Å². The zero-order valence-corrected chi connectivity index (χ0v) is 81.5. The van der Waals surface area contributed by atoms with Gasteiger partial charge in [-0.1, -0.05) is 388 Å². The first-order valence-electron chi connectivity index (χ1n) is 51.0. The van der Waals surface area contributed by atoms with Gasteiger partial charge in [0.2, 0.25) is 0 Å². The molecule has 0 aliphatic rings. The fraction of sp³-hybridized carbons (Fsp3) is 0. The molecule has 0 N–H and O–H groups in total. The molecule has 30 aromatic rings. The lowest BCUT2D eigenvalue weighted by atomic mass is 9.90. The van der Waals surface area contributed by atoms with E-state index in [-0.39, 0.29) is 0 Å². The van der Waals surface area contributed by atoms with Gasteiger partial charge < -0.3 is 0 Å². The third kappa shape index (κ3) is 16.4. The van der Waals surface area contributed by atoms with E-state index >= 15 is 0 Å². The number of hydrogen-bond donors (Lipinski definition) is 0. The predicted octanol–water partition coefficient (Wildman–Crippen LogP) is 38.1. The van der Waals surface area contributed by atoms with Crippen LogP contribution >= 0.6 is 0 Å². The van der Waals surface area contributed by atoms with Crippen LogP contribution in [0.5, 0.6) is 0 Å². The molecule has 150 heavy (non-hydrogen) atoms. The lowest BCUT2D eigenvalue weighted by Gasteiger charge is -2.15. The Labute approximate surface area is 865 Å². The summed E-state index contributed by atoms with van der Waals surface area (Å²) >= 11 is 0. The fourth-order valence-electron chi connectivity index (χ4n) is 22.3. The summed E-state index contributed by atoms with van der Waals surface area (Å²) in [6, 6.07) is 189. The van der Waals surface area contributed by atoms with Crippen molar-refractivity contribution in [3.63, 3.8) is 0 Å². The van der Waals surface area contributed by atoms with Gasteiger partial charge in [0.1, 0.15) is 0 Å². The Hall–Kier alpha value is -20.0. The van der Waals surface area contributed by atoms with Gasteiger partial charge in [0.25, 0.3) is 0 Å². The monoisotopic (exact) mass is 1900 g/mol. The van der Waals surface area contributed by atoms with Crippen molar-refractivity contribution >= 4 is 162 Å². The first kappa shape index (κ1) is 87.8. The highest BCUT2D eigenvalue weighted by Crippen LogP contribution is 2.47. The molecule has 0 bridgehead atoms. The van der Waals surface area contributed by atoms with Gasteiger partial charge in [0, 0.05) is 78.1 Å². The van der Waals surface area contributed by atoms with Gasteiger partial charge in [-0.2, -0.15) is 0 Å². The SMILES string of the molecule is c1cc(-c2cnc3ccccc3c2)cc(-c2cc(-c3ccc4ccccc4c3)nc3ccc(-c4cc5ccccc5c5ccccc45)cc23)c1.c1ccc2cc(-c3cc(-c4ccc(-c5ccc6ccccc6n5)cc4)c4cc(-c5cc6ccccc6c6ccccc56)ccc4n3)ccc2c1.c1ccc2cc(-c3cc(-c4ccc(-c5ccc6ccccc6n5)nc4)c4cc(-c5cc6ccccc6c6ccccc56)ccc4n3)ccc2c1. The van der Waals surface area contributed by atoms with Crippen LogP contribution in [0.2, 0.25) is 0 Å². The molecule has 7 heterocycles. The summed E-state index contributed by atoms with van der Waals surface area (Å²) in [6.45, 7) is 0. The van der Waals surface area contributed by atoms with Crippen molar-refractivity contribution in [3.05, 3.63) is 540 Å². The van der Waals surface area contributed by atoms with Crippen LogP contribution in [0.1, 0.15) is 0 Å². The molecule has 30 rings (SSSR count). The van der Waals surface area contributed by atoms with Gasteiger partial charge >= 0.3 is 0 Å². The standard InChI is InChI=1S/2C48H30N2.C47H29N3/c1-2-11-32-25-38(21-20-31(32)10-1)48-29-44(34-15-9-14-33(24-34)39-26-37-13-4-8-19-46(37)49-30-39)45-28-36(22-23-47(45)50-48)43-27-35-12-3-5-16-40(35)41-17-6-7-18-42(41)43;1-2-11-35-27-38(22-17-31(35)9-1)48-30-43(32-18-20-34(21-19-32)46-25-23-33-10-4-8-16-45(33)49-46)44-29-37(24-26-47(44)50-48)42-28-36-12-3-5-13-39(36)40-14-6-7-15-41(40)42;1-2-11-32-25-35(18-17-30(32)9-1)47-28-41(36-21-23-45(48-29-36)46-24-19-31-10-4-8-16-43(31)49-46)42-27-34(20-22-44(42)50-47)40-26-33-12-3-5-13-37(33)38-14-6-7-15-39(38)40/h2*1-30H;1-29H. The summed E-state index contributed by atoms with van der Waals surface area (Å²) in [7, 11) is 0. The molecule has 0 saturated carbocycles. The Morgan fingerprint density at radius 3 is 0.827 bits per heavy atom. The molecule has 696 valence electrons. The Balaban J connectivity index is 0.000000108. The van der Waals surface area contributed by atoms with E-state index in [0.717, 1.165) is 172 Å². The van der Waals surface area contributed by atoms with E-state index in [4.69, 9.17) is 34.9 Å². The second-order valence-corrected chi connectivity index (χ2v) is 38.9. The van der Waals surface area contributed by atoms with E-state index in [1.54, 1.807) is 0 Å². The largest absolute Gasteiger partial charge is 0.256 e. The highest BCUT2D eigenvalue weighted by Gasteiger charge is 2.22. The average molecular weight is 1910 g/mol. The molecule has 0 spiro atoms. The third-order valence-electron chi connectivity index (χ3n) is 29.9. The lowest BCUT2D eigenvalue weighted by molar-refractivity contribution is 1.28. The minimum absolute atomic E-state index is 0.843. The Morgan fingerprint density at radius 1 is 0.100 bits per heavy atom. The van der Waals surface area contributed by atoms with Crippen molar-refractivity contribution in [2.24, 2.45) is 0 Å². The topological polar surface area (TPSA) is 90.2 Å². The van der Waals surface area contributed by atoms with Crippen molar-refractivity contribution in [1.82, 2.24) is 34.9 Å². The predicted molar refractivity (Wildman–Crippen MR) is 632 cm³/mol. The van der Waals surface area contributed by atoms with Gasteiger partial charge in [-0.05, 0) is 303 Å². The first-order valence-corrected chi connectivity index (χ1v) is 51.0. The second kappa shape index (κ2) is 37.3. The number of aromatic nitrogens is 7. The Bertz CT molecular complexity index is 10300. The molecule has 0 radical (unpaired) electrons. The summed E-state index contributed by atoms with van der Waals surface area (Å²) in [5.41, 5.74) is 31.9. The number of rotatable bonds is 12. The number of pyridine rings is 7. The molecule has 7 aromatic heterocycles. The van der Waals surface area contributed by atoms with Gasteiger partial charge in [-0.15, -0.1) is 0 Å². The molecule has 0 unspecified atom stereocenters. The second-order valence-electron chi connectivity index (χ2n) is 38.9. The van der Waals surface area contributed by atoms with Crippen LogP contribution in [0.15, 0.2) is 540 Å². The van der Waals surface area contributed by atoms with Gasteiger partial charge in [0.05, 0.1) is 67.3 Å². The maximum absolute atomic E-state index is 5.29. The van der Waals surface area contributed by atoms with Crippen molar-refractivity contribution in [3.8, 4) is 134 Å². The summed E-state index contributed by atoms with van der Waals surface area (Å²) in [4.78, 5) is 35.4. The highest BCUT2D eigenvalue weighted by molar-refractivity contribution is 6.19. The summed E-state index contributed by atoms with van der Waals surface area (Å²) < 4.78 is 0. The fourth-order valence-corrected chi connectivity index (χ4v) is 22.3. The van der Waals surface area contributed by atoms with E-state index in [0.29, 0.717) is 0 Å². The van der Waals surface area contributed by atoms with Gasteiger partial charge in [-0.3, -0.25) is 9.97 Å². The van der Waals surface area contributed by atoms with Gasteiger partial charge in [-0.25, -0.2) is 24.9 Å². The number of benzene rings is 23. The van der Waals surface area contributed by atoms with Crippen LogP contribution in [0.25, 0.3) is 297 Å². The number of hydrogen-bond acceptors (Lipinski definition) is 7. The summed E-state index contributed by atoms with van der Waals surface area (Å²) in [5, 5.41) is 29.1. The van der Waals surface area contributed by atoms with E-state index in [1.165, 1.54) is 125 Å². The number of fused-ring (bicyclic) bond motifs is 18. The van der Waals surface area contributed by atoms with E-state index < -0.39 is 0 Å². The van der Waals surface area contributed by atoms with Crippen LogP contribution in [0.4, 0.5) is 0 Å². The van der Waals surface area contributed by atoms with Crippen LogP contribution in [-0.2, 0) is 0 Å². The molecular formula is C143H89N7. The quantitative estimate of drug-likeness (QED) is 0.113. The lowest BCUT2D eigenvalue weighted by Crippen LogP contribution is -1.93. The number of para-hydroxylation sites is 3. The number of nitrogens with zero attached hydrogens (tertiary/aromatic N) is 7. The summed E-state index contributed by atoms with van der Waals surface area (Å²) in [5.74, 6) is 0. The summed E-state index contributed by atoms with van der Waals surface area (Å²) in [6.07, 6.45) is 3.96. The van der Waals surface area contributed by atoms with Crippen molar-refractivity contribution in [2.45, 2.75) is 0 Å². The van der Waals surface area contributed by atoms with Crippen LogP contribution in [0, 0.1) is 0 Å². The maximum Gasteiger partial charge on any atom is 0.0893 e. The zero-order valence-electron chi connectivity index (χ0n) is 81.5. The Kier molecular flexibility index (Phi) is 21.8. The normalized spacial score (nSPS) is 11.6. The maximum atomic E-state index is 5.29. The van der Waals surface area contributed by atoms with Crippen molar-refractivity contribution in [1.29, 1.82) is 0 Å². The van der Waals surface area contributed by atoms with Gasteiger partial charge in [0.15, 0.2) is 0 Å². The minimum Gasteiger partial charge on any atom is -0.256 e. The Morgan fingerprint density at radius 2 is 0.387 bits per heavy atom. The zero-order chi connectivity index (χ0) is 99.1. The van der Waals surface area contributed by atoms with E-state index in [1.807, 2.05) is 48.8 Å². The molecule has 0 aliphatic heterocycles. The van der Waals surface area contributed by atoms with E-state index in [9.17, 15) is 0 Å². The first-order chi connectivity index (χ1) is 74.2. The average Bonchev–Trinajstić information content (AvgIpc) is 0.750. The molecule has 0 atom stereocenters. The highest BCUT2D eigenvalue weighted by atomic mass is 14.8. The molecule has 0 fully saturated rings.